The van der Waals surface area contributed by atoms with E-state index < -0.39 is 0 Å². The van der Waals surface area contributed by atoms with Gasteiger partial charge in [-0.3, -0.25) is 0 Å². The molecule has 0 fully saturated rings. The second-order valence-corrected chi connectivity index (χ2v) is 16.7. The summed E-state index contributed by atoms with van der Waals surface area (Å²) in [7, 11) is 0. The van der Waals surface area contributed by atoms with Crippen LogP contribution in [0.3, 0.4) is 0 Å². The van der Waals surface area contributed by atoms with E-state index in [0.717, 1.165) is 88.4 Å². The summed E-state index contributed by atoms with van der Waals surface area (Å²) < 4.78 is 15.8. The van der Waals surface area contributed by atoms with E-state index in [0.29, 0.717) is 17.5 Å². The molecule has 6 heteroatoms. The number of nitrogens with zero attached hydrogens (tertiary/aromatic N) is 4. The fourth-order valence-corrected chi connectivity index (χ4v) is 10.0. The molecule has 0 saturated carbocycles. The van der Waals surface area contributed by atoms with Gasteiger partial charge in [0.25, 0.3) is 0 Å². The van der Waals surface area contributed by atoms with E-state index in [1.54, 1.807) is 0 Å². The van der Waals surface area contributed by atoms with E-state index in [1.807, 2.05) is 48.5 Å². The Bertz CT molecular complexity index is 4240. The lowest BCUT2D eigenvalue weighted by Crippen LogP contribution is -2.02. The minimum absolute atomic E-state index is 0.545. The molecular formula is C59H34N4O2. The number of hydrogen-bond acceptors (Lipinski definition) is 5. The van der Waals surface area contributed by atoms with Crippen molar-refractivity contribution in [2.45, 2.75) is 0 Å². The van der Waals surface area contributed by atoms with Gasteiger partial charge in [0, 0.05) is 54.4 Å². The van der Waals surface area contributed by atoms with Crippen LogP contribution >= 0.6 is 0 Å². The van der Waals surface area contributed by atoms with E-state index in [9.17, 15) is 0 Å². The van der Waals surface area contributed by atoms with Crippen LogP contribution in [0, 0.1) is 0 Å². The molecule has 0 amide bonds. The second-order valence-electron chi connectivity index (χ2n) is 16.7. The largest absolute Gasteiger partial charge is 0.456 e. The summed E-state index contributed by atoms with van der Waals surface area (Å²) in [6, 6.07) is 72.1. The molecule has 4 aromatic heterocycles. The highest BCUT2D eigenvalue weighted by molar-refractivity contribution is 6.22. The zero-order valence-corrected chi connectivity index (χ0v) is 34.7. The number of furan rings is 2. The van der Waals surface area contributed by atoms with Crippen molar-refractivity contribution in [2.24, 2.45) is 0 Å². The Kier molecular flexibility index (Phi) is 7.59. The zero-order chi connectivity index (χ0) is 42.6. The molecule has 0 aliphatic carbocycles. The molecular weight excluding hydrogens is 797 g/mol. The summed E-state index contributed by atoms with van der Waals surface area (Å²) in [5.74, 6) is 1.67. The predicted octanol–water partition coefficient (Wildman–Crippen LogP) is 15.7. The lowest BCUT2D eigenvalue weighted by atomic mass is 10.0. The first-order valence-corrected chi connectivity index (χ1v) is 21.8. The third kappa shape index (κ3) is 5.44. The highest BCUT2D eigenvalue weighted by atomic mass is 16.3. The number of hydrogen-bond donors (Lipinski definition) is 0. The topological polar surface area (TPSA) is 69.9 Å². The minimum Gasteiger partial charge on any atom is -0.456 e. The van der Waals surface area contributed by atoms with Crippen LogP contribution in [0.4, 0.5) is 0 Å². The van der Waals surface area contributed by atoms with Gasteiger partial charge >= 0.3 is 0 Å². The lowest BCUT2D eigenvalue weighted by Gasteiger charge is -2.14. The van der Waals surface area contributed by atoms with Crippen molar-refractivity contribution in [1.29, 1.82) is 0 Å². The van der Waals surface area contributed by atoms with Crippen LogP contribution in [0.5, 0.6) is 0 Å². The van der Waals surface area contributed by atoms with Gasteiger partial charge in [-0.25, -0.2) is 15.0 Å². The Balaban J connectivity index is 1.06. The molecule has 14 rings (SSSR count). The summed E-state index contributed by atoms with van der Waals surface area (Å²) in [4.78, 5) is 16.0. The van der Waals surface area contributed by atoms with Crippen molar-refractivity contribution >= 4 is 87.2 Å². The van der Waals surface area contributed by atoms with Gasteiger partial charge < -0.3 is 13.4 Å². The summed E-state index contributed by atoms with van der Waals surface area (Å²) in [6.45, 7) is 0. The molecule has 0 N–H and O–H groups in total. The number of benzene rings is 10. The van der Waals surface area contributed by atoms with Gasteiger partial charge in [-0.1, -0.05) is 164 Å². The molecule has 302 valence electrons. The van der Waals surface area contributed by atoms with Gasteiger partial charge in [-0.15, -0.1) is 0 Å². The Morgan fingerprint density at radius 1 is 0.338 bits per heavy atom. The van der Waals surface area contributed by atoms with Gasteiger partial charge in [0.05, 0.1) is 16.7 Å². The zero-order valence-electron chi connectivity index (χ0n) is 34.7. The Morgan fingerprint density at radius 2 is 0.923 bits per heavy atom. The summed E-state index contributed by atoms with van der Waals surface area (Å²) >= 11 is 0. The number of para-hydroxylation sites is 2. The van der Waals surface area contributed by atoms with Crippen molar-refractivity contribution in [3.63, 3.8) is 0 Å². The average molecular weight is 831 g/mol. The molecule has 4 heterocycles. The first-order valence-electron chi connectivity index (χ1n) is 21.8. The van der Waals surface area contributed by atoms with Crippen molar-refractivity contribution in [2.75, 3.05) is 0 Å². The van der Waals surface area contributed by atoms with E-state index in [2.05, 4.69) is 162 Å². The monoisotopic (exact) mass is 830 g/mol. The molecule has 0 unspecified atom stereocenters. The third-order valence-electron chi connectivity index (χ3n) is 13.0. The van der Waals surface area contributed by atoms with Crippen LogP contribution in [0.2, 0.25) is 0 Å². The maximum atomic E-state index is 7.04. The maximum Gasteiger partial charge on any atom is 0.164 e. The van der Waals surface area contributed by atoms with Crippen LogP contribution in [0.15, 0.2) is 215 Å². The highest BCUT2D eigenvalue weighted by Crippen LogP contribution is 2.45. The molecule has 0 aliphatic heterocycles. The normalized spacial score (nSPS) is 12.0. The molecule has 0 bridgehead atoms. The van der Waals surface area contributed by atoms with E-state index in [-0.39, 0.29) is 0 Å². The van der Waals surface area contributed by atoms with E-state index in [1.165, 1.54) is 32.3 Å². The smallest absolute Gasteiger partial charge is 0.164 e. The van der Waals surface area contributed by atoms with Gasteiger partial charge in [0.15, 0.2) is 23.1 Å². The molecule has 0 spiro atoms. The minimum atomic E-state index is 0.545. The molecule has 6 nitrogen and oxygen atoms in total. The second kappa shape index (κ2) is 13.8. The van der Waals surface area contributed by atoms with Crippen molar-refractivity contribution in [1.82, 2.24) is 19.5 Å². The van der Waals surface area contributed by atoms with E-state index >= 15 is 0 Å². The van der Waals surface area contributed by atoms with Gasteiger partial charge in [-0.05, 0) is 69.8 Å². The molecule has 0 atom stereocenters. The van der Waals surface area contributed by atoms with Crippen LogP contribution in [0.1, 0.15) is 0 Å². The van der Waals surface area contributed by atoms with Gasteiger partial charge in [0.2, 0.25) is 0 Å². The Labute approximate surface area is 371 Å². The average Bonchev–Trinajstić information content (AvgIpc) is 4.06. The number of fused-ring (bicyclic) bond motifs is 12. The van der Waals surface area contributed by atoms with Crippen LogP contribution in [-0.4, -0.2) is 19.5 Å². The molecule has 10 aromatic carbocycles. The number of aromatic nitrogens is 4. The number of rotatable bonds is 5. The summed E-state index contributed by atoms with van der Waals surface area (Å²) in [6.07, 6.45) is 0. The molecule has 65 heavy (non-hydrogen) atoms. The van der Waals surface area contributed by atoms with E-state index in [4.69, 9.17) is 23.8 Å². The maximum absolute atomic E-state index is 7.04. The summed E-state index contributed by atoms with van der Waals surface area (Å²) in [5, 5.41) is 11.0. The first-order chi connectivity index (χ1) is 32.2. The third-order valence-corrected chi connectivity index (χ3v) is 13.0. The fourth-order valence-electron chi connectivity index (χ4n) is 10.0. The van der Waals surface area contributed by atoms with Crippen LogP contribution in [-0.2, 0) is 0 Å². The molecule has 0 saturated heterocycles. The van der Waals surface area contributed by atoms with Gasteiger partial charge in [-0.2, -0.15) is 0 Å². The van der Waals surface area contributed by atoms with Crippen LogP contribution < -0.4 is 0 Å². The van der Waals surface area contributed by atoms with Crippen LogP contribution in [0.25, 0.3) is 138 Å². The fraction of sp³-hybridized carbons (Fsp3) is 0. The molecule has 0 aliphatic rings. The molecule has 0 radical (unpaired) electrons. The van der Waals surface area contributed by atoms with Crippen molar-refractivity contribution < 1.29 is 8.83 Å². The molecule has 14 aromatic rings. The van der Waals surface area contributed by atoms with Crippen molar-refractivity contribution in [3.8, 4) is 51.0 Å². The van der Waals surface area contributed by atoms with Gasteiger partial charge in [0.1, 0.15) is 16.7 Å². The lowest BCUT2D eigenvalue weighted by molar-refractivity contribution is 0.666. The SMILES string of the molecule is c1ccc(-c2ccc(-c3nc(-c4cccc5oc6ccccc6c45)nc(-c4ccc(-n5c6cc7ccccc7cc6c6ccc7ccccc7c65)c5oc6ccccc6c45)n3)cc2)cc1. The highest BCUT2D eigenvalue weighted by Gasteiger charge is 2.25. The van der Waals surface area contributed by atoms with Crippen molar-refractivity contribution in [3.05, 3.63) is 206 Å². The predicted molar refractivity (Wildman–Crippen MR) is 265 cm³/mol. The summed E-state index contributed by atoms with van der Waals surface area (Å²) in [5.41, 5.74) is 11.2. The Morgan fingerprint density at radius 3 is 1.71 bits per heavy atom. The first kappa shape index (κ1) is 35.7. The Hall–Kier alpha value is -8.87. The quantitative estimate of drug-likeness (QED) is 0.173. The standard InChI is InChI=1S/C59H34N4O2/c1-2-13-35(14-3-1)36-25-27-38(28-26-36)57-60-58(45-21-12-24-52-53(45)43-19-8-10-22-50(43)64-52)62-59(61-57)46-31-32-48(56-54(46)44-20-9-11-23-51(44)65-56)63-49-34-40-17-5-4-16-39(40)33-47(49)42-30-29-37-15-6-7-18-41(37)55(42)63/h1-34H.